The van der Waals surface area contributed by atoms with Gasteiger partial charge in [-0.15, -0.1) is 0 Å². The van der Waals surface area contributed by atoms with Gasteiger partial charge in [0, 0.05) is 16.7 Å². The number of ether oxygens (including phenoxy) is 2. The topological polar surface area (TPSA) is 72.8 Å². The fraction of sp³-hybridized carbons (Fsp3) is 0.750. The third-order valence-corrected chi connectivity index (χ3v) is 9.19. The first-order valence-electron chi connectivity index (χ1n) is 11.3. The van der Waals surface area contributed by atoms with Gasteiger partial charge in [0.25, 0.3) is 6.43 Å². The number of aliphatic hydroxyl groups is 1. The van der Waals surface area contributed by atoms with Gasteiger partial charge in [-0.05, 0) is 63.7 Å². The molecule has 0 amide bonds. The monoisotopic (exact) mass is 472 g/mol. The molecule has 1 aliphatic heterocycles. The van der Waals surface area contributed by atoms with Crippen LogP contribution in [0, 0.1) is 22.7 Å². The lowest BCUT2D eigenvalue weighted by atomic mass is 9.44. The van der Waals surface area contributed by atoms with Crippen molar-refractivity contribution in [1.82, 2.24) is 0 Å². The lowest BCUT2D eigenvalue weighted by molar-refractivity contribution is -0.250. The third-order valence-electron chi connectivity index (χ3n) is 9.19. The lowest BCUT2D eigenvalue weighted by Crippen LogP contribution is -2.71. The lowest BCUT2D eigenvalue weighted by Gasteiger charge is -2.63. The Hall–Kier alpha value is -1.58. The van der Waals surface area contributed by atoms with Crippen LogP contribution in [0.5, 0.6) is 0 Å². The number of carbonyl (C=O) groups excluding carboxylic acids is 2. The molecule has 5 rings (SSSR count). The summed E-state index contributed by atoms with van der Waals surface area (Å²) in [5.74, 6) is -5.11. The van der Waals surface area contributed by atoms with Crippen molar-refractivity contribution in [2.75, 3.05) is 0 Å². The molecule has 5 nitrogen and oxygen atoms in total. The van der Waals surface area contributed by atoms with Crippen LogP contribution in [0.4, 0.5) is 17.6 Å². The molecule has 1 heterocycles. The van der Waals surface area contributed by atoms with Crippen LogP contribution in [0.25, 0.3) is 0 Å². The number of ketones is 2. The van der Waals surface area contributed by atoms with Crippen LogP contribution >= 0.6 is 0 Å². The molecule has 4 aliphatic carbocycles. The largest absolute Gasteiger partial charge is 0.390 e. The molecule has 33 heavy (non-hydrogen) atoms. The maximum atomic E-state index is 17.1. The Morgan fingerprint density at radius 1 is 1.18 bits per heavy atom. The summed E-state index contributed by atoms with van der Waals surface area (Å²) in [6.07, 6.45) is -4.91. The van der Waals surface area contributed by atoms with Gasteiger partial charge in [-0.1, -0.05) is 13.0 Å². The fourth-order valence-corrected chi connectivity index (χ4v) is 7.90. The Morgan fingerprint density at radius 3 is 2.48 bits per heavy atom. The molecule has 0 aromatic carbocycles. The van der Waals surface area contributed by atoms with Crippen LogP contribution in [-0.4, -0.2) is 58.5 Å². The minimum Gasteiger partial charge on any atom is -0.390 e. The van der Waals surface area contributed by atoms with E-state index in [1.54, 1.807) is 6.92 Å². The van der Waals surface area contributed by atoms with Gasteiger partial charge in [-0.2, -0.15) is 0 Å². The molecule has 1 N–H and O–H groups in total. The maximum Gasteiger partial charge on any atom is 0.299 e. The quantitative estimate of drug-likeness (QED) is 0.622. The highest BCUT2D eigenvalue weighted by molar-refractivity contribution is 6.01. The zero-order valence-corrected chi connectivity index (χ0v) is 18.9. The summed E-state index contributed by atoms with van der Waals surface area (Å²) in [4.78, 5) is 24.9. The van der Waals surface area contributed by atoms with E-state index in [1.165, 1.54) is 32.9 Å². The third kappa shape index (κ3) is 2.54. The molecule has 3 saturated carbocycles. The molecule has 0 radical (unpaired) electrons. The van der Waals surface area contributed by atoms with Gasteiger partial charge >= 0.3 is 0 Å². The highest BCUT2D eigenvalue weighted by atomic mass is 19.3. The summed E-state index contributed by atoms with van der Waals surface area (Å²) in [6.45, 7) is 6.04. The van der Waals surface area contributed by atoms with Crippen LogP contribution in [0.2, 0.25) is 0 Å². The zero-order valence-electron chi connectivity index (χ0n) is 18.9. The van der Waals surface area contributed by atoms with E-state index >= 15 is 8.78 Å². The molecule has 9 heteroatoms. The van der Waals surface area contributed by atoms with Crippen molar-refractivity contribution in [3.63, 3.8) is 0 Å². The number of halogens is 4. The predicted octanol–water partition coefficient (Wildman–Crippen LogP) is 3.64. The first-order chi connectivity index (χ1) is 15.1. The predicted molar refractivity (Wildman–Crippen MR) is 108 cm³/mol. The van der Waals surface area contributed by atoms with Crippen molar-refractivity contribution in [3.8, 4) is 0 Å². The number of fused-ring (bicyclic) bond motifs is 7. The Bertz CT molecular complexity index is 993. The minimum atomic E-state index is -3.35. The first-order valence-corrected chi connectivity index (χ1v) is 11.3. The number of alkyl halides is 4. The Morgan fingerprint density at radius 2 is 1.85 bits per heavy atom. The Labute approximate surface area is 189 Å². The maximum absolute atomic E-state index is 17.1. The van der Waals surface area contributed by atoms with Crippen LogP contribution in [-0.2, 0) is 19.1 Å². The Kier molecular flexibility index (Phi) is 4.60. The second kappa shape index (κ2) is 6.55. The average Bonchev–Trinajstić information content (AvgIpc) is 3.11. The fourth-order valence-electron chi connectivity index (χ4n) is 7.90. The number of allylic oxidation sites excluding steroid dienone is 4. The molecule has 5 aliphatic rings. The van der Waals surface area contributed by atoms with E-state index in [2.05, 4.69) is 0 Å². The molecule has 0 aromatic rings. The van der Waals surface area contributed by atoms with Gasteiger partial charge in [0.15, 0.2) is 22.8 Å². The van der Waals surface area contributed by atoms with Gasteiger partial charge in [-0.25, -0.2) is 17.6 Å². The van der Waals surface area contributed by atoms with E-state index in [0.717, 1.165) is 6.08 Å². The summed E-state index contributed by atoms with van der Waals surface area (Å²) in [5.41, 5.74) is -7.49. The molecule has 0 bridgehead atoms. The van der Waals surface area contributed by atoms with E-state index in [-0.39, 0.29) is 24.8 Å². The molecule has 0 aromatic heterocycles. The van der Waals surface area contributed by atoms with E-state index < -0.39 is 76.1 Å². The van der Waals surface area contributed by atoms with Gasteiger partial charge in [0.05, 0.1) is 12.2 Å². The number of hydrogen-bond acceptors (Lipinski definition) is 5. The number of hydrogen-bond donors (Lipinski definition) is 1. The smallest absolute Gasteiger partial charge is 0.299 e. The molecular weight excluding hydrogens is 444 g/mol. The second-order valence-corrected chi connectivity index (χ2v) is 11.1. The molecule has 182 valence electrons. The summed E-state index contributed by atoms with van der Waals surface area (Å²) >= 11 is 0. The molecule has 0 spiro atoms. The number of rotatable bonds is 2. The van der Waals surface area contributed by atoms with Crippen LogP contribution in [0.1, 0.15) is 47.0 Å². The zero-order chi connectivity index (χ0) is 24.4. The van der Waals surface area contributed by atoms with E-state index in [9.17, 15) is 23.5 Å². The molecule has 0 unspecified atom stereocenters. The van der Waals surface area contributed by atoms with Crippen molar-refractivity contribution >= 4 is 11.6 Å². The van der Waals surface area contributed by atoms with Crippen molar-refractivity contribution < 1.29 is 41.7 Å². The summed E-state index contributed by atoms with van der Waals surface area (Å²) in [6, 6.07) is 0. The SMILES string of the molecule is CC1(C)O[C@@H]2C[C@H]3[C@@H]4C[C@H](F)C5=CC(=O)C=C[C@]5(C)[C@@]4(F)[C@@H](O)C[C@]3(C)[C@]2(C(=O)C(F)F)O1. The van der Waals surface area contributed by atoms with E-state index in [1.807, 2.05) is 0 Å². The van der Waals surface area contributed by atoms with Crippen molar-refractivity contribution in [2.45, 2.75) is 88.8 Å². The van der Waals surface area contributed by atoms with Crippen molar-refractivity contribution in [3.05, 3.63) is 23.8 Å². The van der Waals surface area contributed by atoms with Gasteiger partial charge < -0.3 is 14.6 Å². The van der Waals surface area contributed by atoms with Crippen LogP contribution < -0.4 is 0 Å². The summed E-state index contributed by atoms with van der Waals surface area (Å²) in [5, 5.41) is 11.3. The molecule has 4 fully saturated rings. The highest BCUT2D eigenvalue weighted by Crippen LogP contribution is 2.72. The van der Waals surface area contributed by atoms with Gasteiger partial charge in [0.1, 0.15) is 6.17 Å². The number of carbonyl (C=O) groups is 2. The molecule has 9 atom stereocenters. The average molecular weight is 472 g/mol. The number of Topliss-reactive ketones (excluding diaryl/α,β-unsaturated/α-hetero) is 1. The summed E-state index contributed by atoms with van der Waals surface area (Å²) in [7, 11) is 0. The second-order valence-electron chi connectivity index (χ2n) is 11.1. The van der Waals surface area contributed by atoms with Gasteiger partial charge in [0.2, 0.25) is 5.78 Å². The normalized spacial score (nSPS) is 52.1. The molecule has 1 saturated heterocycles. The van der Waals surface area contributed by atoms with Gasteiger partial charge in [-0.3, -0.25) is 9.59 Å². The molecular formula is C24H28F4O5. The van der Waals surface area contributed by atoms with Crippen LogP contribution in [0.15, 0.2) is 23.8 Å². The first kappa shape index (κ1) is 23.2. The van der Waals surface area contributed by atoms with Crippen molar-refractivity contribution in [2.24, 2.45) is 22.7 Å². The van der Waals surface area contributed by atoms with E-state index in [4.69, 9.17) is 9.47 Å². The van der Waals surface area contributed by atoms with E-state index in [0.29, 0.717) is 0 Å². The highest BCUT2D eigenvalue weighted by Gasteiger charge is 2.81. The minimum absolute atomic E-state index is 0.0198. The number of aliphatic hydroxyl groups excluding tert-OH is 1. The Balaban J connectivity index is 1.67. The van der Waals surface area contributed by atoms with Crippen LogP contribution in [0.3, 0.4) is 0 Å². The summed E-state index contributed by atoms with van der Waals surface area (Å²) < 4.78 is 72.1. The standard InChI is InChI=1S/C24H28F4O5/c1-20(2)32-17-9-12-13-8-15(25)14-7-11(29)5-6-21(14,3)23(13,28)16(30)10-22(12,4)24(17,33-20)18(31)19(26)27/h5-7,12-13,15-17,19,30H,8-10H2,1-4H3/t12-,13-,15-,16-,17+,21-,22-,23-,24-/m0/s1. The van der Waals surface area contributed by atoms with Crippen molar-refractivity contribution in [1.29, 1.82) is 0 Å².